The zero-order chi connectivity index (χ0) is 21.5. The molecule has 154 valence electrons. The highest BCUT2D eigenvalue weighted by molar-refractivity contribution is 6.31. The van der Waals surface area contributed by atoms with E-state index in [0.29, 0.717) is 22.0 Å². The highest BCUT2D eigenvalue weighted by Gasteiger charge is 2.39. The molecule has 30 heavy (non-hydrogen) atoms. The smallest absolute Gasteiger partial charge is 0.261 e. The molecule has 4 aromatic rings. The molecule has 0 aliphatic carbocycles. The van der Waals surface area contributed by atoms with Gasteiger partial charge in [0, 0.05) is 11.1 Å². The van der Waals surface area contributed by atoms with Crippen LogP contribution in [0.15, 0.2) is 60.2 Å². The molecule has 2 aromatic heterocycles. The van der Waals surface area contributed by atoms with Gasteiger partial charge in [0.25, 0.3) is 5.56 Å². The number of hydrogen-bond donors (Lipinski definition) is 1. The lowest BCUT2D eigenvalue weighted by molar-refractivity contribution is -0.0319. The van der Waals surface area contributed by atoms with Crippen LogP contribution in [0.25, 0.3) is 10.9 Å². The minimum Gasteiger partial charge on any atom is -0.381 e. The second kappa shape index (κ2) is 7.58. The zero-order valence-electron chi connectivity index (χ0n) is 15.7. The first kappa shape index (κ1) is 20.1. The van der Waals surface area contributed by atoms with Gasteiger partial charge in [-0.2, -0.15) is 5.10 Å². The van der Waals surface area contributed by atoms with Gasteiger partial charge in [0.2, 0.25) is 0 Å². The fraction of sp³-hybridized carbons (Fsp3) is 0.200. The van der Waals surface area contributed by atoms with Crippen LogP contribution in [0.5, 0.6) is 0 Å². The predicted octanol–water partition coefficient (Wildman–Crippen LogP) is 3.07. The van der Waals surface area contributed by atoms with Crippen molar-refractivity contribution < 1.29 is 13.9 Å². The van der Waals surface area contributed by atoms with Gasteiger partial charge in [0.15, 0.2) is 0 Å². The Bertz CT molecular complexity index is 1260. The van der Waals surface area contributed by atoms with Crippen molar-refractivity contribution in [2.24, 2.45) is 0 Å². The molecule has 2 aromatic carbocycles. The summed E-state index contributed by atoms with van der Waals surface area (Å²) in [5, 5.41) is 16.3. The molecule has 1 N–H and O–H groups in total. The van der Waals surface area contributed by atoms with E-state index in [0.717, 1.165) is 12.1 Å². The Kier molecular flexibility index (Phi) is 5.08. The third-order valence-electron chi connectivity index (χ3n) is 5.09. The molecular formula is C20H16ClF2N5O2. The fourth-order valence-electron chi connectivity index (χ4n) is 3.44. The Morgan fingerprint density at radius 1 is 1.17 bits per heavy atom. The molecule has 0 fully saturated rings. The number of hydrogen-bond acceptors (Lipinski definition) is 5. The maximum Gasteiger partial charge on any atom is 0.261 e. The van der Waals surface area contributed by atoms with Crippen LogP contribution in [0, 0.1) is 11.6 Å². The quantitative estimate of drug-likeness (QED) is 0.525. The summed E-state index contributed by atoms with van der Waals surface area (Å²) in [7, 11) is 0. The van der Waals surface area contributed by atoms with Crippen molar-refractivity contribution in [2.75, 3.05) is 0 Å². The van der Waals surface area contributed by atoms with E-state index in [1.54, 1.807) is 19.1 Å². The van der Waals surface area contributed by atoms with Crippen LogP contribution < -0.4 is 5.56 Å². The third kappa shape index (κ3) is 3.57. The van der Waals surface area contributed by atoms with Gasteiger partial charge in [-0.1, -0.05) is 11.6 Å². The molecule has 0 aliphatic rings. The van der Waals surface area contributed by atoms with Crippen LogP contribution >= 0.6 is 11.6 Å². The highest BCUT2D eigenvalue weighted by atomic mass is 35.5. The lowest BCUT2D eigenvalue weighted by atomic mass is 9.86. The van der Waals surface area contributed by atoms with Gasteiger partial charge < -0.3 is 5.11 Å². The Labute approximate surface area is 174 Å². The van der Waals surface area contributed by atoms with Gasteiger partial charge in [-0.05, 0) is 42.8 Å². The number of aliphatic hydroxyl groups is 1. The van der Waals surface area contributed by atoms with E-state index in [4.69, 9.17) is 11.6 Å². The van der Waals surface area contributed by atoms with Gasteiger partial charge in [-0.25, -0.2) is 23.4 Å². The van der Waals surface area contributed by atoms with Crippen LogP contribution in [0.1, 0.15) is 18.5 Å². The largest absolute Gasteiger partial charge is 0.381 e. The van der Waals surface area contributed by atoms with Gasteiger partial charge in [0.05, 0.1) is 29.8 Å². The van der Waals surface area contributed by atoms with Crippen molar-refractivity contribution in [1.82, 2.24) is 24.3 Å². The van der Waals surface area contributed by atoms with Crippen molar-refractivity contribution in [1.29, 1.82) is 0 Å². The lowest BCUT2D eigenvalue weighted by Gasteiger charge is -2.35. The SMILES string of the molecule is C[C@@H](n1cnc2cc(Cl)ccc2c1=O)[C@](O)(Cn1cncn1)c1cc(F)cc(F)c1. The molecule has 0 bridgehead atoms. The van der Waals surface area contributed by atoms with Crippen molar-refractivity contribution in [2.45, 2.75) is 25.1 Å². The maximum atomic E-state index is 13.9. The first-order valence-corrected chi connectivity index (χ1v) is 9.33. The topological polar surface area (TPSA) is 85.8 Å². The van der Waals surface area contributed by atoms with E-state index >= 15 is 0 Å². The van der Waals surface area contributed by atoms with Crippen molar-refractivity contribution in [3.8, 4) is 0 Å². The summed E-state index contributed by atoms with van der Waals surface area (Å²) in [6, 6.07) is 6.43. The zero-order valence-corrected chi connectivity index (χ0v) is 16.5. The molecule has 0 unspecified atom stereocenters. The first-order chi connectivity index (χ1) is 14.3. The van der Waals surface area contributed by atoms with Crippen LogP contribution in [0.3, 0.4) is 0 Å². The van der Waals surface area contributed by atoms with Gasteiger partial charge in [-0.15, -0.1) is 0 Å². The van der Waals surface area contributed by atoms with Gasteiger partial charge in [0.1, 0.15) is 29.9 Å². The number of benzene rings is 2. The van der Waals surface area contributed by atoms with Crippen LogP contribution in [-0.4, -0.2) is 29.4 Å². The number of nitrogens with zero attached hydrogens (tertiary/aromatic N) is 5. The van der Waals surface area contributed by atoms with E-state index < -0.39 is 28.8 Å². The summed E-state index contributed by atoms with van der Waals surface area (Å²) in [6.07, 6.45) is 3.90. The summed E-state index contributed by atoms with van der Waals surface area (Å²) < 4.78 is 30.4. The van der Waals surface area contributed by atoms with E-state index in [9.17, 15) is 18.7 Å². The Hall–Kier alpha value is -3.17. The van der Waals surface area contributed by atoms with Gasteiger partial charge >= 0.3 is 0 Å². The summed E-state index contributed by atoms with van der Waals surface area (Å²) >= 11 is 5.96. The third-order valence-corrected chi connectivity index (χ3v) is 5.32. The van der Waals surface area contributed by atoms with Crippen molar-refractivity contribution >= 4 is 22.5 Å². The van der Waals surface area contributed by atoms with Crippen LogP contribution in [-0.2, 0) is 12.1 Å². The molecule has 10 heteroatoms. The average Bonchev–Trinajstić information content (AvgIpc) is 3.19. The molecule has 2 heterocycles. The maximum absolute atomic E-state index is 13.9. The molecule has 0 amide bonds. The molecule has 2 atom stereocenters. The monoisotopic (exact) mass is 431 g/mol. The number of aromatic nitrogens is 5. The van der Waals surface area contributed by atoms with Crippen molar-refractivity contribution in [3.63, 3.8) is 0 Å². The molecule has 0 spiro atoms. The number of halogens is 3. The summed E-state index contributed by atoms with van der Waals surface area (Å²) in [4.78, 5) is 21.2. The second-order valence-electron chi connectivity index (χ2n) is 6.97. The summed E-state index contributed by atoms with van der Waals surface area (Å²) in [6.45, 7) is 1.35. The second-order valence-corrected chi connectivity index (χ2v) is 7.41. The minimum absolute atomic E-state index is 0.0499. The summed E-state index contributed by atoms with van der Waals surface area (Å²) in [5.41, 5.74) is -2.00. The Balaban J connectivity index is 1.88. The predicted molar refractivity (Wildman–Crippen MR) is 106 cm³/mol. The highest BCUT2D eigenvalue weighted by Crippen LogP contribution is 2.35. The van der Waals surface area contributed by atoms with Gasteiger partial charge in [-0.3, -0.25) is 9.36 Å². The molecule has 0 saturated heterocycles. The molecule has 0 aliphatic heterocycles. The lowest BCUT2D eigenvalue weighted by Crippen LogP contribution is -2.43. The molecule has 7 nitrogen and oxygen atoms in total. The summed E-state index contributed by atoms with van der Waals surface area (Å²) in [5.74, 6) is -1.71. The van der Waals surface area contributed by atoms with E-state index in [2.05, 4.69) is 15.1 Å². The molecular weight excluding hydrogens is 416 g/mol. The normalized spacial score (nSPS) is 14.6. The Morgan fingerprint density at radius 3 is 2.57 bits per heavy atom. The average molecular weight is 432 g/mol. The van der Waals surface area contributed by atoms with Crippen LogP contribution in [0.2, 0.25) is 5.02 Å². The standard InChI is InChI=1S/C20H16ClF2N5O2/c1-12(28-11-25-18-6-14(21)2-3-17(18)19(28)29)20(30,8-27-10-24-9-26-27)13-4-15(22)7-16(23)5-13/h2-7,9-12,30H,8H2,1H3/t12-,20-/m1/s1. The minimum atomic E-state index is -1.91. The van der Waals surface area contributed by atoms with E-state index in [-0.39, 0.29) is 12.1 Å². The molecule has 4 rings (SSSR count). The fourth-order valence-corrected chi connectivity index (χ4v) is 3.61. The number of fused-ring (bicyclic) bond motifs is 1. The first-order valence-electron chi connectivity index (χ1n) is 8.96. The Morgan fingerprint density at radius 2 is 1.90 bits per heavy atom. The number of rotatable bonds is 5. The van der Waals surface area contributed by atoms with E-state index in [1.807, 2.05) is 0 Å². The molecule has 0 saturated carbocycles. The van der Waals surface area contributed by atoms with Crippen LogP contribution in [0.4, 0.5) is 8.78 Å². The van der Waals surface area contributed by atoms with Crippen molar-refractivity contribution in [3.05, 3.63) is 88.0 Å². The van der Waals surface area contributed by atoms with E-state index in [1.165, 1.54) is 34.3 Å². The molecule has 0 radical (unpaired) electrons.